The fourth-order valence-corrected chi connectivity index (χ4v) is 1.31. The summed E-state index contributed by atoms with van der Waals surface area (Å²) in [5, 5.41) is 14.0. The van der Waals surface area contributed by atoms with E-state index in [0.29, 0.717) is 16.9 Å². The van der Waals surface area contributed by atoms with Gasteiger partial charge in [0.15, 0.2) is 0 Å². The molecule has 3 aromatic rings. The highest BCUT2D eigenvalue weighted by Gasteiger charge is 2.07. The van der Waals surface area contributed by atoms with Crippen LogP contribution < -0.4 is 5.73 Å². The minimum absolute atomic E-state index is 0.269. The Bertz CT molecular complexity index is 612. The quantitative estimate of drug-likeness (QED) is 0.598. The van der Waals surface area contributed by atoms with Crippen molar-refractivity contribution in [2.24, 2.45) is 0 Å². The summed E-state index contributed by atoms with van der Waals surface area (Å²) in [5.74, 6) is 0.269. The van der Waals surface area contributed by atoms with Crippen LogP contribution in [0.3, 0.4) is 0 Å². The molecule has 0 amide bonds. The lowest BCUT2D eigenvalue weighted by atomic mass is 10.2. The van der Waals surface area contributed by atoms with Gasteiger partial charge in [-0.25, -0.2) is 4.98 Å². The van der Waals surface area contributed by atoms with Crippen LogP contribution >= 0.6 is 0 Å². The van der Waals surface area contributed by atoms with Gasteiger partial charge in [0.25, 0.3) is 0 Å². The number of rotatable bonds is 1. The molecule has 3 N–H and O–H groups in total. The fraction of sp³-hybridized carbons (Fsp3) is 0. The average Bonchev–Trinajstić information content (AvgIpc) is 2.84. The van der Waals surface area contributed by atoms with Crippen LogP contribution in [-0.2, 0) is 0 Å². The number of pyridine rings is 1. The van der Waals surface area contributed by atoms with Crippen molar-refractivity contribution in [3.63, 3.8) is 0 Å². The second kappa shape index (κ2) is 2.77. The summed E-state index contributed by atoms with van der Waals surface area (Å²) in [4.78, 5) is 4.10. The molecule has 0 bridgehead atoms. The third kappa shape index (κ3) is 1.21. The summed E-state index contributed by atoms with van der Waals surface area (Å²) >= 11 is 0. The first kappa shape index (κ1) is 7.92. The van der Waals surface area contributed by atoms with Gasteiger partial charge in [-0.1, -0.05) is 5.16 Å². The van der Waals surface area contributed by atoms with Crippen molar-refractivity contribution < 1.29 is 4.52 Å². The van der Waals surface area contributed by atoms with Gasteiger partial charge in [-0.3, -0.25) is 0 Å². The van der Waals surface area contributed by atoms with Crippen LogP contribution in [0.5, 0.6) is 0 Å². The van der Waals surface area contributed by atoms with Gasteiger partial charge in [0.1, 0.15) is 11.2 Å². The number of fused-ring (bicyclic) bond motifs is 1. The van der Waals surface area contributed by atoms with Crippen LogP contribution in [0.15, 0.2) is 22.9 Å². The Kier molecular flexibility index (Phi) is 1.46. The van der Waals surface area contributed by atoms with E-state index in [1.807, 2.05) is 6.07 Å². The van der Waals surface area contributed by atoms with Gasteiger partial charge in [-0.05, 0) is 6.07 Å². The fourth-order valence-electron chi connectivity index (χ4n) is 1.31. The normalized spacial score (nSPS) is 10.9. The average molecular weight is 202 g/mol. The topological polar surface area (TPSA) is 107 Å². The highest BCUT2D eigenvalue weighted by molar-refractivity contribution is 5.75. The molecule has 0 fully saturated rings. The number of aromatic nitrogens is 5. The standard InChI is InChI=1S/C8H6N6O/c9-7-2-5(13-15-7)4-1-6-8(10-3-4)12-14-11-6/h1-3H,9H2,(H,10,11,12,14). The Morgan fingerprint density at radius 2 is 2.20 bits per heavy atom. The van der Waals surface area contributed by atoms with Gasteiger partial charge < -0.3 is 10.3 Å². The van der Waals surface area contributed by atoms with Crippen molar-refractivity contribution in [1.82, 2.24) is 25.6 Å². The maximum atomic E-state index is 5.42. The number of nitrogen functional groups attached to an aromatic ring is 1. The summed E-state index contributed by atoms with van der Waals surface area (Å²) in [6, 6.07) is 3.44. The third-order valence-corrected chi connectivity index (χ3v) is 2.00. The van der Waals surface area contributed by atoms with Crippen LogP contribution in [0.4, 0.5) is 5.88 Å². The maximum Gasteiger partial charge on any atom is 0.222 e. The first-order valence-corrected chi connectivity index (χ1v) is 4.22. The summed E-state index contributed by atoms with van der Waals surface area (Å²) in [5.41, 5.74) is 8.08. The molecule has 0 radical (unpaired) electrons. The third-order valence-electron chi connectivity index (χ3n) is 2.00. The van der Waals surface area contributed by atoms with E-state index < -0.39 is 0 Å². The molecule has 0 aliphatic rings. The molecule has 0 aromatic carbocycles. The Hall–Kier alpha value is -2.44. The number of aromatic amines is 1. The van der Waals surface area contributed by atoms with E-state index in [9.17, 15) is 0 Å². The van der Waals surface area contributed by atoms with Gasteiger partial charge in [0, 0.05) is 17.8 Å². The molecule has 15 heavy (non-hydrogen) atoms. The molecule has 0 aliphatic heterocycles. The lowest BCUT2D eigenvalue weighted by Crippen LogP contribution is -1.81. The van der Waals surface area contributed by atoms with Crippen LogP contribution in [0.2, 0.25) is 0 Å². The molecular formula is C8H6N6O. The zero-order valence-electron chi connectivity index (χ0n) is 7.51. The predicted molar refractivity (Wildman–Crippen MR) is 51.6 cm³/mol. The lowest BCUT2D eigenvalue weighted by Gasteiger charge is -1.92. The monoisotopic (exact) mass is 202 g/mol. The maximum absolute atomic E-state index is 5.42. The van der Waals surface area contributed by atoms with Crippen LogP contribution in [0, 0.1) is 0 Å². The highest BCUT2D eigenvalue weighted by atomic mass is 16.5. The number of H-pyrrole nitrogens is 1. The Labute approximate surface area is 83.3 Å². The molecule has 7 heteroatoms. The van der Waals surface area contributed by atoms with E-state index in [2.05, 4.69) is 25.6 Å². The summed E-state index contributed by atoms with van der Waals surface area (Å²) in [7, 11) is 0. The highest BCUT2D eigenvalue weighted by Crippen LogP contribution is 2.21. The van der Waals surface area contributed by atoms with Crippen LogP contribution in [0.1, 0.15) is 0 Å². The van der Waals surface area contributed by atoms with Crippen molar-refractivity contribution in [3.05, 3.63) is 18.3 Å². The molecule has 74 valence electrons. The van der Waals surface area contributed by atoms with E-state index in [1.54, 1.807) is 12.3 Å². The molecule has 0 saturated heterocycles. The van der Waals surface area contributed by atoms with Crippen molar-refractivity contribution in [3.8, 4) is 11.3 Å². The molecule has 7 nitrogen and oxygen atoms in total. The van der Waals surface area contributed by atoms with Gasteiger partial charge >= 0.3 is 0 Å². The van der Waals surface area contributed by atoms with E-state index in [4.69, 9.17) is 10.3 Å². The minimum atomic E-state index is 0.269. The first-order valence-electron chi connectivity index (χ1n) is 4.22. The number of hydrogen-bond acceptors (Lipinski definition) is 6. The molecule has 3 aromatic heterocycles. The molecule has 0 atom stereocenters. The second-order valence-corrected chi connectivity index (χ2v) is 3.00. The van der Waals surface area contributed by atoms with Crippen LogP contribution in [-0.4, -0.2) is 25.6 Å². The van der Waals surface area contributed by atoms with Gasteiger partial charge in [0.2, 0.25) is 11.5 Å². The van der Waals surface area contributed by atoms with Gasteiger partial charge in [-0.2, -0.15) is 10.3 Å². The van der Waals surface area contributed by atoms with Crippen molar-refractivity contribution >= 4 is 17.0 Å². The SMILES string of the molecule is Nc1cc(-c2cnc3n[nH]nc3c2)no1. The zero-order valence-corrected chi connectivity index (χ0v) is 7.51. The van der Waals surface area contributed by atoms with E-state index >= 15 is 0 Å². The Morgan fingerprint density at radius 3 is 3.00 bits per heavy atom. The van der Waals surface area contributed by atoms with Crippen molar-refractivity contribution in [2.45, 2.75) is 0 Å². The van der Waals surface area contributed by atoms with Gasteiger partial charge in [-0.15, -0.1) is 5.10 Å². The molecule has 3 rings (SSSR count). The zero-order chi connectivity index (χ0) is 10.3. The largest absolute Gasteiger partial charge is 0.368 e. The smallest absolute Gasteiger partial charge is 0.222 e. The Balaban J connectivity index is 2.18. The summed E-state index contributed by atoms with van der Waals surface area (Å²) < 4.78 is 4.77. The molecule has 0 spiro atoms. The summed E-state index contributed by atoms with van der Waals surface area (Å²) in [6.45, 7) is 0. The van der Waals surface area contributed by atoms with Crippen LogP contribution in [0.25, 0.3) is 22.4 Å². The Morgan fingerprint density at radius 1 is 1.27 bits per heavy atom. The molecule has 0 aliphatic carbocycles. The first-order chi connectivity index (χ1) is 7.33. The number of nitrogens with two attached hydrogens (primary N) is 1. The molecule has 0 saturated carbocycles. The number of nitrogens with zero attached hydrogens (tertiary/aromatic N) is 4. The van der Waals surface area contributed by atoms with E-state index in [-0.39, 0.29) is 5.88 Å². The van der Waals surface area contributed by atoms with Crippen molar-refractivity contribution in [2.75, 3.05) is 5.73 Å². The molecule has 3 heterocycles. The molecule has 0 unspecified atom stereocenters. The number of anilines is 1. The minimum Gasteiger partial charge on any atom is -0.368 e. The van der Waals surface area contributed by atoms with Crippen molar-refractivity contribution in [1.29, 1.82) is 0 Å². The predicted octanol–water partition coefficient (Wildman–Crippen LogP) is 0.590. The number of hydrogen-bond donors (Lipinski definition) is 2. The summed E-state index contributed by atoms with van der Waals surface area (Å²) in [6.07, 6.45) is 1.64. The molecular weight excluding hydrogens is 196 g/mol. The van der Waals surface area contributed by atoms with Gasteiger partial charge in [0.05, 0.1) is 0 Å². The lowest BCUT2D eigenvalue weighted by molar-refractivity contribution is 0.439. The number of nitrogens with one attached hydrogen (secondary N) is 1. The van der Waals surface area contributed by atoms with E-state index in [0.717, 1.165) is 5.56 Å². The van der Waals surface area contributed by atoms with E-state index in [1.165, 1.54) is 0 Å². The second-order valence-electron chi connectivity index (χ2n) is 3.00.